The molecule has 1 N–H and O–H groups in total. The maximum Gasteiger partial charge on any atom is 0.240 e. The minimum atomic E-state index is -0.381. The molecule has 2 amide bonds. The fraction of sp³-hybridized carbons (Fsp3) is 0.281. The Labute approximate surface area is 247 Å². The standard InChI is InChI=1S/C32H31FN4O4S/c1-2-3-7-16-34-27(38)18-36-28(39)19-42-31(22-10-15-25-26(17-22)41-20-40-25)29-30(21-8-5-4-6-9-21)35-37(32(29)36)24-13-11-23(33)12-14-24/h4-6,8-15,17,31H,2-3,7,16,18-20H2,1H3,(H,34,38). The van der Waals surface area contributed by atoms with E-state index in [1.165, 1.54) is 28.8 Å². The van der Waals surface area contributed by atoms with Gasteiger partial charge < -0.3 is 14.8 Å². The summed E-state index contributed by atoms with van der Waals surface area (Å²) in [5.41, 5.74) is 3.82. The molecular weight excluding hydrogens is 555 g/mol. The quantitative estimate of drug-likeness (QED) is 0.247. The molecule has 0 fully saturated rings. The Morgan fingerprint density at radius 3 is 2.62 bits per heavy atom. The van der Waals surface area contributed by atoms with Crippen molar-refractivity contribution in [3.63, 3.8) is 0 Å². The number of hydrogen-bond acceptors (Lipinski definition) is 6. The van der Waals surface area contributed by atoms with Crippen LogP contribution in [0.25, 0.3) is 16.9 Å². The fourth-order valence-electron chi connectivity index (χ4n) is 5.23. The maximum absolute atomic E-state index is 14.0. The Bertz CT molecular complexity index is 1590. The molecule has 1 atom stereocenters. The second kappa shape index (κ2) is 12.3. The van der Waals surface area contributed by atoms with Gasteiger partial charge in [0.25, 0.3) is 0 Å². The summed E-state index contributed by atoms with van der Waals surface area (Å²) < 4.78 is 26.9. The van der Waals surface area contributed by atoms with E-state index in [2.05, 4.69) is 12.2 Å². The van der Waals surface area contributed by atoms with E-state index < -0.39 is 0 Å². The van der Waals surface area contributed by atoms with E-state index in [4.69, 9.17) is 14.6 Å². The lowest BCUT2D eigenvalue weighted by atomic mass is 9.99. The van der Waals surface area contributed by atoms with E-state index in [0.29, 0.717) is 35.2 Å². The normalized spacial score (nSPS) is 15.8. The molecule has 42 heavy (non-hydrogen) atoms. The smallest absolute Gasteiger partial charge is 0.240 e. The molecule has 1 unspecified atom stereocenters. The van der Waals surface area contributed by atoms with Crippen molar-refractivity contribution < 1.29 is 23.5 Å². The van der Waals surface area contributed by atoms with E-state index >= 15 is 0 Å². The van der Waals surface area contributed by atoms with E-state index in [9.17, 15) is 14.0 Å². The summed E-state index contributed by atoms with van der Waals surface area (Å²) in [5, 5.41) is 7.67. The number of unbranched alkanes of at least 4 members (excludes halogenated alkanes) is 2. The number of halogens is 1. The number of fused-ring (bicyclic) bond motifs is 2. The van der Waals surface area contributed by atoms with Crippen molar-refractivity contribution in [2.75, 3.05) is 30.5 Å². The van der Waals surface area contributed by atoms with Gasteiger partial charge in [-0.2, -0.15) is 5.10 Å². The highest BCUT2D eigenvalue weighted by Gasteiger charge is 2.38. The number of hydrogen-bond donors (Lipinski definition) is 1. The lowest BCUT2D eigenvalue weighted by Crippen LogP contribution is -2.42. The largest absolute Gasteiger partial charge is 0.454 e. The molecule has 0 saturated carbocycles. The van der Waals surface area contributed by atoms with Gasteiger partial charge in [0.15, 0.2) is 11.5 Å². The van der Waals surface area contributed by atoms with Gasteiger partial charge in [-0.1, -0.05) is 56.2 Å². The summed E-state index contributed by atoms with van der Waals surface area (Å²) in [7, 11) is 0. The number of nitrogens with zero attached hydrogens (tertiary/aromatic N) is 3. The first kappa shape index (κ1) is 27.8. The highest BCUT2D eigenvalue weighted by atomic mass is 32.2. The molecule has 1 aromatic heterocycles. The predicted octanol–water partition coefficient (Wildman–Crippen LogP) is 5.88. The molecule has 0 saturated heterocycles. The van der Waals surface area contributed by atoms with Crippen molar-refractivity contribution in [3.8, 4) is 28.4 Å². The number of nitrogens with one attached hydrogen (secondary N) is 1. The van der Waals surface area contributed by atoms with Crippen LogP contribution in [0.5, 0.6) is 11.5 Å². The van der Waals surface area contributed by atoms with Crippen molar-refractivity contribution in [1.82, 2.24) is 15.1 Å². The molecule has 0 spiro atoms. The zero-order chi connectivity index (χ0) is 29.1. The van der Waals surface area contributed by atoms with Crippen molar-refractivity contribution >= 4 is 29.4 Å². The van der Waals surface area contributed by atoms with Crippen LogP contribution in [0, 0.1) is 5.82 Å². The van der Waals surface area contributed by atoms with Gasteiger partial charge in [-0.3, -0.25) is 14.5 Å². The molecule has 216 valence electrons. The van der Waals surface area contributed by atoms with Crippen molar-refractivity contribution in [2.45, 2.75) is 31.4 Å². The molecular formula is C32H31FN4O4S. The topological polar surface area (TPSA) is 85.7 Å². The molecule has 6 rings (SSSR count). The number of benzene rings is 3. The van der Waals surface area contributed by atoms with E-state index in [0.717, 1.165) is 36.0 Å². The number of ether oxygens (including phenoxy) is 2. The zero-order valence-electron chi connectivity index (χ0n) is 23.2. The molecule has 0 radical (unpaired) electrons. The van der Waals surface area contributed by atoms with Crippen LogP contribution in [0.1, 0.15) is 42.6 Å². The van der Waals surface area contributed by atoms with Gasteiger partial charge in [0.1, 0.15) is 18.2 Å². The number of carbonyl (C=O) groups is 2. The number of carbonyl (C=O) groups excluding carboxylic acids is 2. The van der Waals surface area contributed by atoms with E-state index in [-0.39, 0.29) is 42.0 Å². The summed E-state index contributed by atoms with van der Waals surface area (Å²) in [4.78, 5) is 28.5. The van der Waals surface area contributed by atoms with E-state index in [1.54, 1.807) is 16.8 Å². The van der Waals surface area contributed by atoms with Gasteiger partial charge in [0.2, 0.25) is 18.6 Å². The minimum absolute atomic E-state index is 0.147. The third kappa shape index (κ3) is 5.59. The number of rotatable bonds is 9. The van der Waals surface area contributed by atoms with Crippen LogP contribution in [0.2, 0.25) is 0 Å². The molecule has 2 aliphatic rings. The number of aromatic nitrogens is 2. The maximum atomic E-state index is 14.0. The molecule has 3 aromatic carbocycles. The van der Waals surface area contributed by atoms with E-state index in [1.807, 2.05) is 48.5 Å². The first-order chi connectivity index (χ1) is 20.5. The summed E-state index contributed by atoms with van der Waals surface area (Å²) in [6.45, 7) is 2.64. The first-order valence-corrected chi connectivity index (χ1v) is 15.1. The summed E-state index contributed by atoms with van der Waals surface area (Å²) in [6.07, 6.45) is 2.93. The number of amides is 2. The van der Waals surface area contributed by atoms with Crippen molar-refractivity contribution in [3.05, 3.63) is 89.7 Å². The molecule has 0 bridgehead atoms. The molecule has 8 nitrogen and oxygen atoms in total. The van der Waals surface area contributed by atoms with Gasteiger partial charge in [-0.05, 0) is 48.4 Å². The van der Waals surface area contributed by atoms with Crippen LogP contribution >= 0.6 is 11.8 Å². The molecule has 4 aromatic rings. The Balaban J connectivity index is 1.53. The van der Waals surface area contributed by atoms with Crippen LogP contribution in [0.3, 0.4) is 0 Å². The molecule has 10 heteroatoms. The van der Waals surface area contributed by atoms with Crippen molar-refractivity contribution in [1.29, 1.82) is 0 Å². The minimum Gasteiger partial charge on any atom is -0.454 e. The monoisotopic (exact) mass is 586 g/mol. The highest BCUT2D eigenvalue weighted by Crippen LogP contribution is 2.50. The SMILES string of the molecule is CCCCCNC(=O)CN1C(=O)CSC(c2ccc3c(c2)OCO3)c2c(-c3ccccc3)nn(-c3ccc(F)cc3)c21. The molecule has 3 heterocycles. The van der Waals surface area contributed by atoms with Gasteiger partial charge in [0.05, 0.1) is 22.4 Å². The summed E-state index contributed by atoms with van der Waals surface area (Å²) >= 11 is 1.48. The van der Waals surface area contributed by atoms with Crippen LogP contribution < -0.4 is 19.7 Å². The van der Waals surface area contributed by atoms with Crippen LogP contribution in [-0.4, -0.2) is 47.2 Å². The number of anilines is 1. The van der Waals surface area contributed by atoms with Crippen LogP contribution in [0.4, 0.5) is 10.2 Å². The second-order valence-electron chi connectivity index (χ2n) is 10.2. The van der Waals surface area contributed by atoms with Crippen molar-refractivity contribution in [2.24, 2.45) is 0 Å². The highest BCUT2D eigenvalue weighted by molar-refractivity contribution is 8.00. The van der Waals surface area contributed by atoms with Crippen LogP contribution in [-0.2, 0) is 9.59 Å². The van der Waals surface area contributed by atoms with Gasteiger partial charge in [0, 0.05) is 17.7 Å². The lowest BCUT2D eigenvalue weighted by Gasteiger charge is -2.23. The Hall–Kier alpha value is -4.31. The van der Waals surface area contributed by atoms with Gasteiger partial charge in [-0.15, -0.1) is 11.8 Å². The summed E-state index contributed by atoms with van der Waals surface area (Å²) in [5.74, 6) is 1.10. The van der Waals surface area contributed by atoms with Gasteiger partial charge >= 0.3 is 0 Å². The predicted molar refractivity (Wildman–Crippen MR) is 161 cm³/mol. The Kier molecular flexibility index (Phi) is 8.14. The third-order valence-corrected chi connectivity index (χ3v) is 8.57. The third-order valence-electron chi connectivity index (χ3n) is 7.31. The fourth-order valence-corrected chi connectivity index (χ4v) is 6.42. The molecule has 2 aliphatic heterocycles. The Morgan fingerprint density at radius 1 is 1.05 bits per heavy atom. The average molecular weight is 587 g/mol. The Morgan fingerprint density at radius 2 is 1.83 bits per heavy atom. The lowest BCUT2D eigenvalue weighted by molar-refractivity contribution is -0.122. The van der Waals surface area contributed by atoms with Gasteiger partial charge in [-0.25, -0.2) is 9.07 Å². The average Bonchev–Trinajstić information content (AvgIpc) is 3.61. The molecule has 0 aliphatic carbocycles. The first-order valence-electron chi connectivity index (χ1n) is 14.1. The second-order valence-corrected chi connectivity index (χ2v) is 11.3. The zero-order valence-corrected chi connectivity index (χ0v) is 24.0. The number of thioether (sulfide) groups is 1. The summed E-state index contributed by atoms with van der Waals surface area (Å²) in [6, 6.07) is 21.5. The van der Waals surface area contributed by atoms with Crippen LogP contribution in [0.15, 0.2) is 72.8 Å².